The summed E-state index contributed by atoms with van der Waals surface area (Å²) < 4.78 is 17.9. The Balaban J connectivity index is 1.37. The smallest absolute Gasteiger partial charge is 0.283 e. The maximum absolute atomic E-state index is 12.6. The van der Waals surface area contributed by atoms with Crippen molar-refractivity contribution in [3.63, 3.8) is 0 Å². The number of thiophene rings is 1. The first-order chi connectivity index (χ1) is 16.5. The third-order valence-electron chi connectivity index (χ3n) is 5.21. The highest BCUT2D eigenvalue weighted by Gasteiger charge is 2.17. The number of nitrogens with one attached hydrogen (secondary N) is 1. The molecule has 7 nitrogen and oxygen atoms in total. The molecule has 4 rings (SSSR count). The van der Waals surface area contributed by atoms with Gasteiger partial charge in [0.2, 0.25) is 0 Å². The summed E-state index contributed by atoms with van der Waals surface area (Å²) in [4.78, 5) is 15.3. The Kier molecular flexibility index (Phi) is 8.64. The van der Waals surface area contributed by atoms with Crippen LogP contribution in [0.25, 0.3) is 10.1 Å². The predicted octanol–water partition coefficient (Wildman–Crippen LogP) is 5.08. The first-order valence-electron chi connectivity index (χ1n) is 11.0. The maximum Gasteiger partial charge on any atom is 0.283 e. The minimum Gasteiger partial charge on any atom is -0.490 e. The van der Waals surface area contributed by atoms with Gasteiger partial charge < -0.3 is 14.2 Å². The molecule has 0 saturated carbocycles. The SMILES string of the molecule is CCOc1cc(C=NNC(=O)c2sc3cc(Cl)ccc3c2Cl)ccc1OCCN1CCOCC1. The van der Waals surface area contributed by atoms with E-state index in [0.29, 0.717) is 39.6 Å². The molecule has 34 heavy (non-hydrogen) atoms. The molecule has 1 aliphatic rings. The fourth-order valence-electron chi connectivity index (χ4n) is 3.50. The number of carbonyl (C=O) groups excluding carboxylic acids is 1. The Bertz CT molecular complexity index is 1180. The lowest BCUT2D eigenvalue weighted by molar-refractivity contribution is 0.0321. The van der Waals surface area contributed by atoms with Crippen LogP contribution in [0.3, 0.4) is 0 Å². The number of benzene rings is 2. The summed E-state index contributed by atoms with van der Waals surface area (Å²) in [7, 11) is 0. The topological polar surface area (TPSA) is 72.4 Å². The van der Waals surface area contributed by atoms with Gasteiger partial charge in [0.1, 0.15) is 11.5 Å². The zero-order valence-electron chi connectivity index (χ0n) is 18.7. The number of hydrogen-bond donors (Lipinski definition) is 1. The Morgan fingerprint density at radius 3 is 2.79 bits per heavy atom. The number of carbonyl (C=O) groups is 1. The van der Waals surface area contributed by atoms with Crippen LogP contribution in [-0.2, 0) is 4.74 Å². The zero-order valence-corrected chi connectivity index (χ0v) is 21.0. The summed E-state index contributed by atoms with van der Waals surface area (Å²) in [6.45, 7) is 7.18. The highest BCUT2D eigenvalue weighted by atomic mass is 35.5. The lowest BCUT2D eigenvalue weighted by Gasteiger charge is -2.26. The van der Waals surface area contributed by atoms with Crippen molar-refractivity contribution in [3.05, 3.63) is 56.9 Å². The molecule has 180 valence electrons. The molecule has 2 aromatic carbocycles. The highest BCUT2D eigenvalue weighted by Crippen LogP contribution is 2.36. The molecule has 1 amide bonds. The highest BCUT2D eigenvalue weighted by molar-refractivity contribution is 7.21. The quantitative estimate of drug-likeness (QED) is 0.314. The Labute approximate surface area is 212 Å². The third-order valence-corrected chi connectivity index (χ3v) is 7.10. The summed E-state index contributed by atoms with van der Waals surface area (Å²) in [6.07, 6.45) is 1.55. The molecule has 0 radical (unpaired) electrons. The second-order valence-electron chi connectivity index (χ2n) is 7.53. The van der Waals surface area contributed by atoms with E-state index in [1.807, 2.05) is 25.1 Å². The average Bonchev–Trinajstić information content (AvgIpc) is 3.16. The molecule has 1 saturated heterocycles. The Morgan fingerprint density at radius 1 is 1.18 bits per heavy atom. The van der Waals surface area contributed by atoms with E-state index < -0.39 is 0 Å². The van der Waals surface area contributed by atoms with Gasteiger partial charge in [0, 0.05) is 34.7 Å². The lowest BCUT2D eigenvalue weighted by atomic mass is 10.2. The van der Waals surface area contributed by atoms with E-state index >= 15 is 0 Å². The van der Waals surface area contributed by atoms with Gasteiger partial charge in [0.05, 0.1) is 31.1 Å². The number of hydrazone groups is 1. The fraction of sp³-hybridized carbons (Fsp3) is 0.333. The van der Waals surface area contributed by atoms with E-state index in [1.165, 1.54) is 11.3 Å². The van der Waals surface area contributed by atoms with Crippen molar-refractivity contribution >= 4 is 56.7 Å². The van der Waals surface area contributed by atoms with Crippen LogP contribution in [0.2, 0.25) is 10.0 Å². The Hall–Kier alpha value is -2.36. The minimum atomic E-state index is -0.383. The van der Waals surface area contributed by atoms with Crippen molar-refractivity contribution in [1.82, 2.24) is 10.3 Å². The molecule has 2 heterocycles. The summed E-state index contributed by atoms with van der Waals surface area (Å²) in [5, 5.41) is 5.85. The minimum absolute atomic E-state index is 0.383. The van der Waals surface area contributed by atoms with E-state index in [4.69, 9.17) is 37.4 Å². The molecule has 0 aliphatic carbocycles. The molecule has 0 unspecified atom stereocenters. The van der Waals surface area contributed by atoms with Crippen LogP contribution in [0, 0.1) is 0 Å². The number of ether oxygens (including phenoxy) is 3. The predicted molar refractivity (Wildman–Crippen MR) is 137 cm³/mol. The van der Waals surface area contributed by atoms with Crippen molar-refractivity contribution < 1.29 is 19.0 Å². The van der Waals surface area contributed by atoms with Crippen LogP contribution in [0.5, 0.6) is 11.5 Å². The summed E-state index contributed by atoms with van der Waals surface area (Å²) in [5.41, 5.74) is 3.30. The first kappa shape index (κ1) is 24.8. The molecule has 1 aromatic heterocycles. The number of fused-ring (bicyclic) bond motifs is 1. The monoisotopic (exact) mass is 521 g/mol. The number of hydrogen-bond acceptors (Lipinski definition) is 7. The van der Waals surface area contributed by atoms with Gasteiger partial charge in [-0.15, -0.1) is 11.3 Å². The standard InChI is InChI=1S/C24H25Cl2N3O4S/c1-2-32-20-13-16(3-6-19(20)33-12-9-29-7-10-31-11-8-29)15-27-28-24(30)23-22(26)18-5-4-17(25)14-21(18)34-23/h3-6,13-15H,2,7-12H2,1H3,(H,28,30). The normalized spacial score (nSPS) is 14.6. The van der Waals surface area contributed by atoms with E-state index in [9.17, 15) is 4.79 Å². The van der Waals surface area contributed by atoms with Gasteiger partial charge in [-0.3, -0.25) is 9.69 Å². The van der Waals surface area contributed by atoms with Gasteiger partial charge in [0.25, 0.3) is 5.91 Å². The molecule has 0 spiro atoms. The summed E-state index contributed by atoms with van der Waals surface area (Å²) in [5.74, 6) is 0.919. The van der Waals surface area contributed by atoms with E-state index in [0.717, 1.165) is 48.5 Å². The largest absolute Gasteiger partial charge is 0.490 e. The second-order valence-corrected chi connectivity index (χ2v) is 9.39. The zero-order chi connectivity index (χ0) is 23.9. The van der Waals surface area contributed by atoms with Crippen molar-refractivity contribution in [3.8, 4) is 11.5 Å². The van der Waals surface area contributed by atoms with Gasteiger partial charge in [-0.2, -0.15) is 5.10 Å². The van der Waals surface area contributed by atoms with Crippen molar-refractivity contribution in [2.24, 2.45) is 5.10 Å². The van der Waals surface area contributed by atoms with Crippen molar-refractivity contribution in [1.29, 1.82) is 0 Å². The number of morpholine rings is 1. The number of halogens is 2. The molecular weight excluding hydrogens is 497 g/mol. The van der Waals surface area contributed by atoms with Crippen LogP contribution in [0.1, 0.15) is 22.2 Å². The molecule has 1 N–H and O–H groups in total. The number of rotatable bonds is 9. The second kappa shape index (κ2) is 11.9. The molecule has 0 atom stereocenters. The van der Waals surface area contributed by atoms with Crippen LogP contribution < -0.4 is 14.9 Å². The van der Waals surface area contributed by atoms with Gasteiger partial charge >= 0.3 is 0 Å². The molecular formula is C24H25Cl2N3O4S. The molecule has 0 bridgehead atoms. The Morgan fingerprint density at radius 2 is 2.00 bits per heavy atom. The molecule has 3 aromatic rings. The molecule has 10 heteroatoms. The van der Waals surface area contributed by atoms with Gasteiger partial charge in [-0.05, 0) is 42.8 Å². The fourth-order valence-corrected chi connectivity index (χ4v) is 5.19. The maximum atomic E-state index is 12.6. The van der Waals surface area contributed by atoms with E-state index in [1.54, 1.807) is 24.4 Å². The van der Waals surface area contributed by atoms with Crippen LogP contribution in [0.4, 0.5) is 0 Å². The van der Waals surface area contributed by atoms with Crippen LogP contribution >= 0.6 is 34.5 Å². The van der Waals surface area contributed by atoms with Gasteiger partial charge in [0.15, 0.2) is 11.5 Å². The van der Waals surface area contributed by atoms with Crippen LogP contribution in [0.15, 0.2) is 41.5 Å². The average molecular weight is 522 g/mol. The summed E-state index contributed by atoms with van der Waals surface area (Å²) in [6, 6.07) is 10.9. The lowest BCUT2D eigenvalue weighted by Crippen LogP contribution is -2.38. The first-order valence-corrected chi connectivity index (χ1v) is 12.5. The van der Waals surface area contributed by atoms with E-state index in [-0.39, 0.29) is 5.91 Å². The van der Waals surface area contributed by atoms with Crippen LogP contribution in [-0.4, -0.2) is 63.1 Å². The van der Waals surface area contributed by atoms with Crippen molar-refractivity contribution in [2.45, 2.75) is 6.92 Å². The molecule has 1 aliphatic heterocycles. The van der Waals surface area contributed by atoms with Crippen molar-refractivity contribution in [2.75, 3.05) is 46.1 Å². The van der Waals surface area contributed by atoms with Gasteiger partial charge in [-0.25, -0.2) is 5.43 Å². The number of amides is 1. The summed E-state index contributed by atoms with van der Waals surface area (Å²) >= 11 is 13.7. The number of nitrogens with zero attached hydrogens (tertiary/aromatic N) is 2. The van der Waals surface area contributed by atoms with E-state index in [2.05, 4.69) is 15.4 Å². The van der Waals surface area contributed by atoms with Gasteiger partial charge in [-0.1, -0.05) is 29.3 Å². The third kappa shape index (κ3) is 6.20. The molecule has 1 fully saturated rings.